The van der Waals surface area contributed by atoms with Crippen LogP contribution in [0.2, 0.25) is 0 Å². The summed E-state index contributed by atoms with van der Waals surface area (Å²) in [6, 6.07) is 0. The van der Waals surface area contributed by atoms with E-state index in [0.29, 0.717) is 5.75 Å². The minimum absolute atomic E-state index is 0.391. The molecule has 0 unspecified atom stereocenters. The van der Waals surface area contributed by atoms with Crippen molar-refractivity contribution in [2.45, 2.75) is 18.7 Å². The number of rotatable bonds is 5. The molecule has 0 rings (SSSR count). The van der Waals surface area contributed by atoms with Crippen molar-refractivity contribution < 1.29 is 13.6 Å². The molecule has 3 nitrogen and oxygen atoms in total. The van der Waals surface area contributed by atoms with E-state index in [1.54, 1.807) is 0 Å². The molecule has 0 aromatic heterocycles. The molecular formula is C6H14ClO3PS. The molecule has 0 amide bonds. The van der Waals surface area contributed by atoms with Crippen molar-refractivity contribution in [2.24, 2.45) is 0 Å². The molecule has 0 saturated carbocycles. The van der Waals surface area contributed by atoms with E-state index in [-0.39, 0.29) is 0 Å². The van der Waals surface area contributed by atoms with Gasteiger partial charge in [0.15, 0.2) is 0 Å². The molecule has 0 saturated heterocycles. The summed E-state index contributed by atoms with van der Waals surface area (Å²) in [5.74, 6) is 0.521. The van der Waals surface area contributed by atoms with Crippen molar-refractivity contribution in [3.63, 3.8) is 0 Å². The van der Waals surface area contributed by atoms with Gasteiger partial charge in [-0.25, -0.2) is 4.57 Å². The van der Waals surface area contributed by atoms with E-state index in [0.717, 1.165) is 11.4 Å². The van der Waals surface area contributed by atoms with E-state index >= 15 is 0 Å². The van der Waals surface area contributed by atoms with Gasteiger partial charge in [-0.05, 0) is 25.2 Å². The molecule has 0 atom stereocenters. The largest absolute Gasteiger partial charge is 0.388 e. The van der Waals surface area contributed by atoms with E-state index in [9.17, 15) is 4.57 Å². The highest BCUT2D eigenvalue weighted by Crippen LogP contribution is 2.60. The molecule has 0 aliphatic rings. The molecule has 0 aromatic carbocycles. The first kappa shape index (κ1) is 12.8. The second-order valence-electron chi connectivity index (χ2n) is 2.80. The topological polar surface area (TPSA) is 35.5 Å². The van der Waals surface area contributed by atoms with E-state index in [2.05, 4.69) is 0 Å². The summed E-state index contributed by atoms with van der Waals surface area (Å²) < 4.78 is 20.9. The predicted molar refractivity (Wildman–Crippen MR) is 54.0 cm³/mol. The first-order chi connectivity index (χ1) is 5.33. The number of hydrogen-bond donors (Lipinski definition) is 0. The third-order valence-electron chi connectivity index (χ3n) is 1.01. The molecule has 0 spiro atoms. The summed E-state index contributed by atoms with van der Waals surface area (Å²) >= 11 is 7.01. The summed E-state index contributed by atoms with van der Waals surface area (Å²) in [5.41, 5.74) is 0. The van der Waals surface area contributed by atoms with Crippen LogP contribution in [0.5, 0.6) is 0 Å². The minimum atomic E-state index is -2.95. The smallest absolute Gasteiger partial charge is 0.304 e. The average molecular weight is 233 g/mol. The fraction of sp³-hybridized carbons (Fsp3) is 1.00. The van der Waals surface area contributed by atoms with Crippen molar-refractivity contribution >= 4 is 29.8 Å². The second kappa shape index (κ2) is 4.87. The van der Waals surface area contributed by atoms with Gasteiger partial charge in [0.1, 0.15) is 0 Å². The van der Waals surface area contributed by atoms with E-state index in [1.165, 1.54) is 14.2 Å². The van der Waals surface area contributed by atoms with Crippen LogP contribution in [0, 0.1) is 0 Å². The summed E-state index contributed by atoms with van der Waals surface area (Å²) in [6.07, 6.45) is 0. The summed E-state index contributed by atoms with van der Waals surface area (Å²) in [6.45, 7) is 0.744. The molecule has 0 N–H and O–H groups in total. The monoisotopic (exact) mass is 232 g/mol. The van der Waals surface area contributed by atoms with Gasteiger partial charge in [0.2, 0.25) is 0 Å². The van der Waals surface area contributed by atoms with Crippen molar-refractivity contribution in [1.82, 2.24) is 0 Å². The van der Waals surface area contributed by atoms with Gasteiger partial charge in [-0.15, -0.1) is 11.6 Å². The normalized spacial score (nSPS) is 13.4. The standard InChI is InChI=1S/C6H14ClO3PS/c1-6(2,7)5-12-11(8,9-3)10-4/h5H2,1-4H3. The van der Waals surface area contributed by atoms with Gasteiger partial charge in [0.25, 0.3) is 0 Å². The zero-order valence-corrected chi connectivity index (χ0v) is 10.1. The van der Waals surface area contributed by atoms with Crippen molar-refractivity contribution in [2.75, 3.05) is 20.0 Å². The molecule has 0 bridgehead atoms. The van der Waals surface area contributed by atoms with Crippen molar-refractivity contribution in [3.8, 4) is 0 Å². The maximum Gasteiger partial charge on any atom is 0.388 e. The lowest BCUT2D eigenvalue weighted by Crippen LogP contribution is -2.13. The Labute approximate surface area is 82.4 Å². The van der Waals surface area contributed by atoms with Crippen LogP contribution < -0.4 is 0 Å². The number of halogens is 1. The molecule has 0 aliphatic heterocycles. The van der Waals surface area contributed by atoms with E-state index in [1.807, 2.05) is 13.8 Å². The first-order valence-electron chi connectivity index (χ1n) is 3.38. The molecule has 0 aromatic rings. The Morgan fingerprint density at radius 2 is 1.83 bits per heavy atom. The van der Waals surface area contributed by atoms with Crippen molar-refractivity contribution in [1.29, 1.82) is 0 Å². The number of alkyl halides is 1. The van der Waals surface area contributed by atoms with Gasteiger partial charge in [-0.3, -0.25) is 0 Å². The van der Waals surface area contributed by atoms with Gasteiger partial charge in [-0.2, -0.15) is 0 Å². The maximum absolute atomic E-state index is 11.5. The molecule has 74 valence electrons. The fourth-order valence-corrected chi connectivity index (χ4v) is 3.70. The van der Waals surface area contributed by atoms with Crippen molar-refractivity contribution in [3.05, 3.63) is 0 Å². The van der Waals surface area contributed by atoms with Crippen LogP contribution in [-0.2, 0) is 13.6 Å². The summed E-state index contributed by atoms with van der Waals surface area (Å²) in [4.78, 5) is -0.391. The Morgan fingerprint density at radius 3 is 2.08 bits per heavy atom. The Morgan fingerprint density at radius 1 is 1.42 bits per heavy atom. The van der Waals surface area contributed by atoms with E-state index < -0.39 is 11.7 Å². The third-order valence-corrected chi connectivity index (χ3v) is 5.60. The quantitative estimate of drug-likeness (QED) is 0.539. The molecule has 0 heterocycles. The molecule has 12 heavy (non-hydrogen) atoms. The molecule has 0 fully saturated rings. The summed E-state index contributed by atoms with van der Waals surface area (Å²) in [7, 11) is 2.72. The van der Waals surface area contributed by atoms with Gasteiger partial charge in [0, 0.05) is 24.8 Å². The zero-order chi connectivity index (χ0) is 9.83. The maximum atomic E-state index is 11.5. The second-order valence-corrected chi connectivity index (χ2v) is 8.12. The lowest BCUT2D eigenvalue weighted by atomic mass is 10.3. The van der Waals surface area contributed by atoms with Gasteiger partial charge < -0.3 is 9.05 Å². The Hall–Kier alpha value is 0.790. The van der Waals surface area contributed by atoms with Gasteiger partial charge >= 0.3 is 6.80 Å². The lowest BCUT2D eigenvalue weighted by Gasteiger charge is -2.18. The lowest BCUT2D eigenvalue weighted by molar-refractivity contribution is 0.295. The van der Waals surface area contributed by atoms with Crippen LogP contribution in [0.3, 0.4) is 0 Å². The highest BCUT2D eigenvalue weighted by Gasteiger charge is 2.26. The Balaban J connectivity index is 3.99. The Kier molecular flexibility index (Phi) is 5.19. The first-order valence-corrected chi connectivity index (χ1v) is 6.89. The van der Waals surface area contributed by atoms with E-state index in [4.69, 9.17) is 20.6 Å². The third kappa shape index (κ3) is 5.44. The highest BCUT2D eigenvalue weighted by atomic mass is 35.5. The van der Waals surface area contributed by atoms with Crippen LogP contribution in [0.25, 0.3) is 0 Å². The fourth-order valence-electron chi connectivity index (χ4n) is 0.412. The molecule has 0 aliphatic carbocycles. The van der Waals surface area contributed by atoms with Crippen LogP contribution in [0.15, 0.2) is 0 Å². The number of hydrogen-bond acceptors (Lipinski definition) is 4. The molecule has 0 radical (unpaired) electrons. The summed E-state index contributed by atoms with van der Waals surface area (Å²) in [5, 5.41) is 0. The molecular weight excluding hydrogens is 219 g/mol. The van der Waals surface area contributed by atoms with Crippen LogP contribution >= 0.6 is 29.8 Å². The van der Waals surface area contributed by atoms with Gasteiger partial charge in [0.05, 0.1) is 0 Å². The molecule has 6 heteroatoms. The predicted octanol–water partition coefficient (Wildman–Crippen LogP) is 3.14. The zero-order valence-electron chi connectivity index (χ0n) is 7.67. The average Bonchev–Trinajstić information content (AvgIpc) is 1.99. The highest BCUT2D eigenvalue weighted by molar-refractivity contribution is 8.55. The van der Waals surface area contributed by atoms with Crippen LogP contribution in [0.1, 0.15) is 13.8 Å². The minimum Gasteiger partial charge on any atom is -0.304 e. The Bertz CT molecular complexity index is 172. The van der Waals surface area contributed by atoms with Gasteiger partial charge in [-0.1, -0.05) is 0 Å². The van der Waals surface area contributed by atoms with Crippen LogP contribution in [-0.4, -0.2) is 24.8 Å². The SMILES string of the molecule is COP(=O)(OC)SCC(C)(C)Cl. The van der Waals surface area contributed by atoms with Crippen LogP contribution in [0.4, 0.5) is 0 Å².